The molecule has 0 unspecified atom stereocenters. The minimum absolute atomic E-state index is 0.0114. The van der Waals surface area contributed by atoms with E-state index in [4.69, 9.17) is 4.52 Å². The van der Waals surface area contributed by atoms with E-state index in [1.807, 2.05) is 18.7 Å². The molecule has 26 heavy (non-hydrogen) atoms. The number of nitrogens with zero attached hydrogens (tertiary/aromatic N) is 3. The number of hydrogen-bond donors (Lipinski definition) is 1. The van der Waals surface area contributed by atoms with Crippen molar-refractivity contribution in [3.63, 3.8) is 0 Å². The van der Waals surface area contributed by atoms with Crippen molar-refractivity contribution in [2.75, 3.05) is 26.2 Å². The van der Waals surface area contributed by atoms with Crippen molar-refractivity contribution in [2.45, 2.75) is 70.9 Å². The van der Waals surface area contributed by atoms with Gasteiger partial charge >= 0.3 is 0 Å². The highest BCUT2D eigenvalue weighted by Crippen LogP contribution is 2.56. The Balaban J connectivity index is 1.44. The van der Waals surface area contributed by atoms with Gasteiger partial charge in [0.25, 0.3) is 5.91 Å². The highest BCUT2D eigenvalue weighted by Gasteiger charge is 2.56. The van der Waals surface area contributed by atoms with Crippen LogP contribution < -0.4 is 0 Å². The molecule has 3 aliphatic rings. The maximum absolute atomic E-state index is 13.1. The van der Waals surface area contributed by atoms with Crippen LogP contribution in [0, 0.1) is 12.3 Å². The van der Waals surface area contributed by atoms with Gasteiger partial charge in [-0.15, -0.1) is 0 Å². The fourth-order valence-corrected chi connectivity index (χ4v) is 5.00. The van der Waals surface area contributed by atoms with Gasteiger partial charge in [0, 0.05) is 30.6 Å². The zero-order chi connectivity index (χ0) is 18.4. The number of piperidine rings is 2. The van der Waals surface area contributed by atoms with E-state index in [1.165, 1.54) is 19.3 Å². The van der Waals surface area contributed by atoms with Crippen LogP contribution in [0.25, 0.3) is 0 Å². The number of aliphatic hydroxyl groups is 1. The van der Waals surface area contributed by atoms with Crippen LogP contribution >= 0.6 is 0 Å². The predicted octanol–water partition coefficient (Wildman–Crippen LogP) is 2.74. The molecule has 3 heterocycles. The van der Waals surface area contributed by atoms with Gasteiger partial charge in [-0.3, -0.25) is 9.69 Å². The van der Waals surface area contributed by atoms with Crippen molar-refractivity contribution in [2.24, 2.45) is 5.41 Å². The summed E-state index contributed by atoms with van der Waals surface area (Å²) < 4.78 is 5.39. The van der Waals surface area contributed by atoms with Crippen LogP contribution in [0.15, 0.2) is 4.52 Å². The summed E-state index contributed by atoms with van der Waals surface area (Å²) in [6.07, 6.45) is 7.45. The first-order valence-electron chi connectivity index (χ1n) is 10.1. The normalized spacial score (nSPS) is 29.0. The summed E-state index contributed by atoms with van der Waals surface area (Å²) in [4.78, 5) is 17.4. The number of hydrogen-bond acceptors (Lipinski definition) is 5. The molecular weight excluding hydrogens is 330 g/mol. The van der Waals surface area contributed by atoms with Gasteiger partial charge in [-0.1, -0.05) is 11.6 Å². The lowest BCUT2D eigenvalue weighted by atomic mass is 9.53. The lowest BCUT2D eigenvalue weighted by Gasteiger charge is -2.58. The first kappa shape index (κ1) is 18.0. The van der Waals surface area contributed by atoms with Crippen LogP contribution in [0.2, 0.25) is 0 Å². The molecule has 1 spiro atoms. The third-order valence-corrected chi connectivity index (χ3v) is 7.26. The number of likely N-dealkylation sites (tertiary alicyclic amines) is 2. The average Bonchev–Trinajstić information content (AvgIpc) is 3.02. The second-order valence-electron chi connectivity index (χ2n) is 8.75. The third-order valence-electron chi connectivity index (χ3n) is 7.26. The molecule has 1 aromatic rings. The zero-order valence-corrected chi connectivity index (χ0v) is 16.1. The molecule has 1 aliphatic carbocycles. The second kappa shape index (κ2) is 6.64. The molecule has 3 fully saturated rings. The quantitative estimate of drug-likeness (QED) is 0.896. The van der Waals surface area contributed by atoms with Gasteiger partial charge < -0.3 is 14.5 Å². The van der Waals surface area contributed by atoms with Gasteiger partial charge in [0.1, 0.15) is 5.76 Å². The Kier molecular flexibility index (Phi) is 4.59. The molecule has 4 rings (SSSR count). The molecule has 1 aromatic heterocycles. The van der Waals surface area contributed by atoms with Gasteiger partial charge in [0.15, 0.2) is 5.69 Å². The van der Waals surface area contributed by atoms with Crippen LogP contribution in [-0.2, 0) is 6.54 Å². The van der Waals surface area contributed by atoms with Crippen molar-refractivity contribution in [1.29, 1.82) is 0 Å². The van der Waals surface area contributed by atoms with E-state index < -0.39 is 5.60 Å². The Morgan fingerprint density at radius 1 is 1.12 bits per heavy atom. The Hall–Kier alpha value is -1.40. The Morgan fingerprint density at radius 3 is 2.38 bits per heavy atom. The van der Waals surface area contributed by atoms with Crippen molar-refractivity contribution in [1.82, 2.24) is 15.0 Å². The topological polar surface area (TPSA) is 69.8 Å². The van der Waals surface area contributed by atoms with Gasteiger partial charge in [-0.05, 0) is 65.5 Å². The summed E-state index contributed by atoms with van der Waals surface area (Å²) in [7, 11) is 0. The number of aryl methyl sites for hydroxylation is 1. The fraction of sp³-hybridized carbons (Fsp3) is 0.800. The van der Waals surface area contributed by atoms with Crippen molar-refractivity contribution in [3.8, 4) is 0 Å². The van der Waals surface area contributed by atoms with E-state index in [1.54, 1.807) is 0 Å². The molecule has 2 aliphatic heterocycles. The largest absolute Gasteiger partial charge is 0.390 e. The minimum atomic E-state index is -0.563. The molecule has 1 amide bonds. The fourth-order valence-electron chi connectivity index (χ4n) is 5.00. The molecule has 0 bridgehead atoms. The summed E-state index contributed by atoms with van der Waals surface area (Å²) in [5.41, 5.74) is 0.892. The van der Waals surface area contributed by atoms with Crippen LogP contribution in [-0.4, -0.2) is 57.8 Å². The van der Waals surface area contributed by atoms with Crippen LogP contribution in [0.5, 0.6) is 0 Å². The SMILES string of the molecule is Cc1onc(C(=O)N2CCC3(CC2)CC[C@]3(C)O)c1CN1CCCCC1. The van der Waals surface area contributed by atoms with Gasteiger partial charge in [0.05, 0.1) is 5.60 Å². The molecular formula is C20H31N3O3. The maximum atomic E-state index is 13.1. The van der Waals surface area contributed by atoms with Crippen molar-refractivity contribution >= 4 is 5.91 Å². The molecule has 144 valence electrons. The molecule has 1 N–H and O–H groups in total. The number of carbonyl (C=O) groups is 1. The van der Waals surface area contributed by atoms with E-state index in [-0.39, 0.29) is 11.3 Å². The first-order chi connectivity index (χ1) is 12.4. The second-order valence-corrected chi connectivity index (χ2v) is 8.75. The maximum Gasteiger partial charge on any atom is 0.276 e. The molecule has 1 atom stereocenters. The summed E-state index contributed by atoms with van der Waals surface area (Å²) in [6.45, 7) is 8.17. The number of amides is 1. The number of carbonyl (C=O) groups excluding carboxylic acids is 1. The Labute approximate surface area is 155 Å². The predicted molar refractivity (Wildman–Crippen MR) is 97.8 cm³/mol. The number of rotatable bonds is 3. The molecule has 6 nitrogen and oxygen atoms in total. The minimum Gasteiger partial charge on any atom is -0.390 e. The van der Waals surface area contributed by atoms with Crippen molar-refractivity contribution in [3.05, 3.63) is 17.0 Å². The van der Waals surface area contributed by atoms with E-state index in [2.05, 4.69) is 10.1 Å². The lowest BCUT2D eigenvalue weighted by molar-refractivity contribution is -0.174. The van der Waals surface area contributed by atoms with Crippen molar-refractivity contribution < 1.29 is 14.4 Å². The Morgan fingerprint density at radius 2 is 1.81 bits per heavy atom. The molecule has 0 radical (unpaired) electrons. The smallest absolute Gasteiger partial charge is 0.276 e. The molecule has 0 aromatic carbocycles. The first-order valence-corrected chi connectivity index (χ1v) is 10.1. The monoisotopic (exact) mass is 361 g/mol. The lowest BCUT2D eigenvalue weighted by Crippen LogP contribution is -2.60. The van der Waals surface area contributed by atoms with Gasteiger partial charge in [-0.2, -0.15) is 0 Å². The van der Waals surface area contributed by atoms with E-state index in [0.717, 1.165) is 56.6 Å². The summed E-state index contributed by atoms with van der Waals surface area (Å²) >= 11 is 0. The van der Waals surface area contributed by atoms with Crippen LogP contribution in [0.3, 0.4) is 0 Å². The van der Waals surface area contributed by atoms with Gasteiger partial charge in [-0.25, -0.2) is 0 Å². The highest BCUT2D eigenvalue weighted by atomic mass is 16.5. The summed E-state index contributed by atoms with van der Waals surface area (Å²) in [5, 5.41) is 14.6. The molecule has 2 saturated heterocycles. The third kappa shape index (κ3) is 2.97. The summed E-state index contributed by atoms with van der Waals surface area (Å²) in [6, 6.07) is 0. The molecule has 1 saturated carbocycles. The summed E-state index contributed by atoms with van der Waals surface area (Å²) in [5.74, 6) is 0.747. The van der Waals surface area contributed by atoms with Crippen LogP contribution in [0.4, 0.5) is 0 Å². The molecule has 6 heteroatoms. The van der Waals surface area contributed by atoms with E-state index in [9.17, 15) is 9.90 Å². The average molecular weight is 361 g/mol. The van der Waals surface area contributed by atoms with E-state index in [0.29, 0.717) is 18.8 Å². The van der Waals surface area contributed by atoms with E-state index >= 15 is 0 Å². The van der Waals surface area contributed by atoms with Gasteiger partial charge in [0.2, 0.25) is 0 Å². The standard InChI is InChI=1S/C20H31N3O3/c1-15-16(14-22-10-4-3-5-11-22)17(21-26-15)18(24)23-12-8-20(9-13-23)7-6-19(20,2)25/h25H,3-14H2,1-2H3/t19-/m0/s1. The van der Waals surface area contributed by atoms with Crippen LogP contribution in [0.1, 0.15) is 73.7 Å². The zero-order valence-electron chi connectivity index (χ0n) is 16.1. The number of aromatic nitrogens is 1. The highest BCUT2D eigenvalue weighted by molar-refractivity contribution is 5.93. The Bertz CT molecular complexity index is 668.